The molecule has 8 heteroatoms. The molecule has 0 unspecified atom stereocenters. The maximum atomic E-state index is 5.56. The Morgan fingerprint density at radius 1 is 1.10 bits per heavy atom. The maximum absolute atomic E-state index is 5.56. The van der Waals surface area contributed by atoms with Gasteiger partial charge in [-0.3, -0.25) is 4.99 Å². The van der Waals surface area contributed by atoms with Gasteiger partial charge in [0.25, 0.3) is 0 Å². The molecule has 3 rings (SSSR count). The molecule has 0 spiro atoms. The van der Waals surface area contributed by atoms with Gasteiger partial charge in [0.15, 0.2) is 17.5 Å². The monoisotopic (exact) mass is 418 g/mol. The molecule has 1 aliphatic heterocycles. The Kier molecular flexibility index (Phi) is 7.46. The summed E-state index contributed by atoms with van der Waals surface area (Å²) in [5.74, 6) is 2.70. The second-order valence-corrected chi connectivity index (χ2v) is 7.70. The first-order valence-corrected chi connectivity index (χ1v) is 10.6. The summed E-state index contributed by atoms with van der Waals surface area (Å²) in [5, 5.41) is 10.4. The molecule has 1 fully saturated rings. The van der Waals surface area contributed by atoms with E-state index in [1.54, 1.807) is 39.7 Å². The van der Waals surface area contributed by atoms with Crippen LogP contribution in [0.3, 0.4) is 0 Å². The molecular formula is C21H30N4O3S. The summed E-state index contributed by atoms with van der Waals surface area (Å²) in [5.41, 5.74) is 0.973. The number of benzene rings is 1. The highest BCUT2D eigenvalue weighted by molar-refractivity contribution is 7.14. The van der Waals surface area contributed by atoms with Crippen molar-refractivity contribution < 1.29 is 14.2 Å². The van der Waals surface area contributed by atoms with Crippen LogP contribution in [0.15, 0.2) is 34.6 Å². The fourth-order valence-corrected chi connectivity index (χ4v) is 4.35. The van der Waals surface area contributed by atoms with Crippen molar-refractivity contribution in [3.63, 3.8) is 0 Å². The minimum absolute atomic E-state index is 0.407. The number of methoxy groups -OCH3 is 3. The largest absolute Gasteiger partial charge is 0.493 e. The fraction of sp³-hybridized carbons (Fsp3) is 0.476. The summed E-state index contributed by atoms with van der Waals surface area (Å²) in [7, 11) is 6.66. The predicted octanol–water partition coefficient (Wildman–Crippen LogP) is 3.11. The Bertz CT molecular complexity index is 803. The van der Waals surface area contributed by atoms with Crippen LogP contribution in [0, 0.1) is 0 Å². The topological polar surface area (TPSA) is 67.4 Å². The highest BCUT2D eigenvalue weighted by atomic mass is 32.1. The van der Waals surface area contributed by atoms with Crippen LogP contribution in [-0.2, 0) is 6.54 Å². The summed E-state index contributed by atoms with van der Waals surface area (Å²) < 4.78 is 16.4. The van der Waals surface area contributed by atoms with E-state index >= 15 is 0 Å². The van der Waals surface area contributed by atoms with Gasteiger partial charge in [-0.05, 0) is 42.5 Å². The number of rotatable bonds is 7. The molecule has 7 nitrogen and oxygen atoms in total. The van der Waals surface area contributed by atoms with Crippen molar-refractivity contribution in [2.24, 2.45) is 4.99 Å². The number of thiophene rings is 1. The lowest BCUT2D eigenvalue weighted by molar-refractivity contribution is 0.322. The second-order valence-electron chi connectivity index (χ2n) is 6.78. The Hall–Kier alpha value is -2.61. The van der Waals surface area contributed by atoms with Crippen LogP contribution in [-0.4, -0.2) is 53.5 Å². The van der Waals surface area contributed by atoms with Crippen LogP contribution in [0.5, 0.6) is 17.2 Å². The highest BCUT2D eigenvalue weighted by Crippen LogP contribution is 2.39. The summed E-state index contributed by atoms with van der Waals surface area (Å²) in [4.78, 5) is 6.84. The van der Waals surface area contributed by atoms with E-state index < -0.39 is 0 Å². The Balaban J connectivity index is 1.56. The third-order valence-corrected chi connectivity index (χ3v) is 6.04. The quantitative estimate of drug-likeness (QED) is 0.532. The number of nitrogens with zero attached hydrogens (tertiary/aromatic N) is 2. The number of piperidine rings is 1. The zero-order valence-corrected chi connectivity index (χ0v) is 18.3. The summed E-state index contributed by atoms with van der Waals surface area (Å²) in [6, 6.07) is 8.56. The van der Waals surface area contributed by atoms with E-state index in [-0.39, 0.29) is 0 Å². The van der Waals surface area contributed by atoms with Crippen LogP contribution in [0.25, 0.3) is 0 Å². The van der Waals surface area contributed by atoms with Gasteiger partial charge in [-0.15, -0.1) is 11.3 Å². The Morgan fingerprint density at radius 2 is 1.86 bits per heavy atom. The molecule has 0 bridgehead atoms. The summed E-state index contributed by atoms with van der Waals surface area (Å²) >= 11 is 1.80. The number of hydrogen-bond acceptors (Lipinski definition) is 6. The van der Waals surface area contributed by atoms with Crippen molar-refractivity contribution in [1.29, 1.82) is 0 Å². The molecule has 1 saturated heterocycles. The molecule has 1 aliphatic rings. The van der Waals surface area contributed by atoms with Gasteiger partial charge in [-0.25, -0.2) is 0 Å². The van der Waals surface area contributed by atoms with Gasteiger partial charge in [0.2, 0.25) is 5.75 Å². The molecule has 1 aromatic carbocycles. The zero-order valence-electron chi connectivity index (χ0n) is 17.5. The molecule has 0 aliphatic carbocycles. The van der Waals surface area contributed by atoms with E-state index in [9.17, 15) is 0 Å². The van der Waals surface area contributed by atoms with Gasteiger partial charge in [-0.1, -0.05) is 0 Å². The van der Waals surface area contributed by atoms with Crippen LogP contribution in [0.1, 0.15) is 18.4 Å². The Morgan fingerprint density at radius 3 is 2.45 bits per heavy atom. The molecule has 2 heterocycles. The minimum atomic E-state index is 0.407. The first-order valence-electron chi connectivity index (χ1n) is 9.73. The average Bonchev–Trinajstić information content (AvgIpc) is 3.31. The van der Waals surface area contributed by atoms with Crippen molar-refractivity contribution in [2.45, 2.75) is 25.4 Å². The summed E-state index contributed by atoms with van der Waals surface area (Å²) in [6.07, 6.45) is 2.16. The smallest absolute Gasteiger partial charge is 0.203 e. The van der Waals surface area contributed by atoms with Gasteiger partial charge in [0.1, 0.15) is 0 Å². The lowest BCUT2D eigenvalue weighted by Gasteiger charge is -2.33. The lowest BCUT2D eigenvalue weighted by Crippen LogP contribution is -2.48. The Labute approximate surface area is 176 Å². The standard InChI is InChI=1S/C21H30N4O3S/c1-22-21(24-16-9-11-25(12-10-16)18-6-5-13-29-18)23-14-15-7-8-17(26-2)20(28-4)19(15)27-3/h5-8,13,16H,9-12,14H2,1-4H3,(H2,22,23,24). The van der Waals surface area contributed by atoms with E-state index in [2.05, 4.69) is 38.0 Å². The van der Waals surface area contributed by atoms with Gasteiger partial charge < -0.3 is 29.7 Å². The molecule has 2 aromatic rings. The highest BCUT2D eigenvalue weighted by Gasteiger charge is 2.21. The first kappa shape index (κ1) is 21.1. The minimum Gasteiger partial charge on any atom is -0.493 e. The van der Waals surface area contributed by atoms with E-state index in [0.29, 0.717) is 29.8 Å². The van der Waals surface area contributed by atoms with Crippen molar-refractivity contribution in [3.05, 3.63) is 35.2 Å². The SMILES string of the molecule is CN=C(NCc1ccc(OC)c(OC)c1OC)NC1CCN(c2cccs2)CC1. The molecule has 158 valence electrons. The fourth-order valence-electron chi connectivity index (χ4n) is 3.56. The van der Waals surface area contributed by atoms with Crippen LogP contribution >= 0.6 is 11.3 Å². The molecule has 29 heavy (non-hydrogen) atoms. The number of aliphatic imine (C=N–C) groups is 1. The maximum Gasteiger partial charge on any atom is 0.203 e. The molecule has 0 radical (unpaired) electrons. The normalized spacial score (nSPS) is 15.2. The van der Waals surface area contributed by atoms with Crippen molar-refractivity contribution in [2.75, 3.05) is 46.4 Å². The number of anilines is 1. The first-order chi connectivity index (χ1) is 14.2. The van der Waals surface area contributed by atoms with E-state index in [0.717, 1.165) is 37.5 Å². The van der Waals surface area contributed by atoms with Crippen LogP contribution < -0.4 is 29.7 Å². The van der Waals surface area contributed by atoms with Crippen molar-refractivity contribution >= 4 is 22.3 Å². The van der Waals surface area contributed by atoms with Crippen molar-refractivity contribution in [3.8, 4) is 17.2 Å². The molecule has 1 aromatic heterocycles. The van der Waals surface area contributed by atoms with E-state index in [1.165, 1.54) is 5.00 Å². The van der Waals surface area contributed by atoms with Gasteiger partial charge in [0, 0.05) is 38.3 Å². The van der Waals surface area contributed by atoms with Gasteiger partial charge in [-0.2, -0.15) is 0 Å². The molecule has 2 N–H and O–H groups in total. The zero-order chi connectivity index (χ0) is 20.6. The third-order valence-electron chi connectivity index (χ3n) is 5.11. The number of nitrogens with one attached hydrogen (secondary N) is 2. The third kappa shape index (κ3) is 5.06. The number of ether oxygens (including phenoxy) is 3. The number of hydrogen-bond donors (Lipinski definition) is 2. The van der Waals surface area contributed by atoms with Gasteiger partial charge >= 0.3 is 0 Å². The van der Waals surface area contributed by atoms with Crippen LogP contribution in [0.2, 0.25) is 0 Å². The van der Waals surface area contributed by atoms with Crippen LogP contribution in [0.4, 0.5) is 5.00 Å². The average molecular weight is 419 g/mol. The predicted molar refractivity (Wildman–Crippen MR) is 119 cm³/mol. The summed E-state index contributed by atoms with van der Waals surface area (Å²) in [6.45, 7) is 2.68. The molecule has 0 atom stereocenters. The lowest BCUT2D eigenvalue weighted by atomic mass is 10.1. The number of guanidine groups is 1. The molecular weight excluding hydrogens is 388 g/mol. The molecule has 0 amide bonds. The van der Waals surface area contributed by atoms with E-state index in [1.807, 2.05) is 12.1 Å². The molecule has 0 saturated carbocycles. The van der Waals surface area contributed by atoms with Gasteiger partial charge in [0.05, 0.1) is 26.3 Å². The second kappa shape index (κ2) is 10.2. The van der Waals surface area contributed by atoms with E-state index in [4.69, 9.17) is 14.2 Å². The van der Waals surface area contributed by atoms with Crippen molar-refractivity contribution in [1.82, 2.24) is 10.6 Å².